The zero-order valence-corrected chi connectivity index (χ0v) is 12.6. The van der Waals surface area contributed by atoms with Crippen molar-refractivity contribution >= 4 is 23.6 Å². The van der Waals surface area contributed by atoms with E-state index in [1.165, 1.54) is 6.92 Å². The molecule has 0 fully saturated rings. The zero-order chi connectivity index (χ0) is 16.6. The van der Waals surface area contributed by atoms with Crippen LogP contribution >= 0.6 is 0 Å². The summed E-state index contributed by atoms with van der Waals surface area (Å²) in [5, 5.41) is 4.97. The highest BCUT2D eigenvalue weighted by molar-refractivity contribution is 5.91. The van der Waals surface area contributed by atoms with Gasteiger partial charge >= 0.3 is 0 Å². The summed E-state index contributed by atoms with van der Waals surface area (Å²) in [7, 11) is 0. The summed E-state index contributed by atoms with van der Waals surface area (Å²) >= 11 is 0. The predicted octanol–water partition coefficient (Wildman–Crippen LogP) is -1.23. The third kappa shape index (κ3) is 8.61. The van der Waals surface area contributed by atoms with E-state index in [0.717, 1.165) is 0 Å². The van der Waals surface area contributed by atoms with E-state index in [2.05, 4.69) is 10.6 Å². The zero-order valence-electron chi connectivity index (χ0n) is 12.6. The Morgan fingerprint density at radius 3 is 1.95 bits per heavy atom. The summed E-state index contributed by atoms with van der Waals surface area (Å²) in [6, 6.07) is -1.74. The number of amides is 4. The molecule has 0 aromatic rings. The van der Waals surface area contributed by atoms with Crippen LogP contribution in [-0.4, -0.2) is 35.7 Å². The summed E-state index contributed by atoms with van der Waals surface area (Å²) in [5.41, 5.74) is 10.2. The van der Waals surface area contributed by atoms with Crippen LogP contribution in [0.5, 0.6) is 0 Å². The average molecular weight is 300 g/mol. The molecule has 0 aromatic carbocycles. The molecule has 8 nitrogen and oxygen atoms in total. The fourth-order valence-corrected chi connectivity index (χ4v) is 1.79. The van der Waals surface area contributed by atoms with Gasteiger partial charge in [-0.15, -0.1) is 0 Å². The molecule has 2 atom stereocenters. The molecule has 120 valence electrons. The molecule has 0 rings (SSSR count). The van der Waals surface area contributed by atoms with Crippen molar-refractivity contribution in [1.82, 2.24) is 10.6 Å². The van der Waals surface area contributed by atoms with Crippen LogP contribution in [-0.2, 0) is 19.2 Å². The van der Waals surface area contributed by atoms with Gasteiger partial charge in [-0.05, 0) is 18.8 Å². The van der Waals surface area contributed by atoms with E-state index in [1.807, 2.05) is 13.8 Å². The first-order valence-corrected chi connectivity index (χ1v) is 6.78. The van der Waals surface area contributed by atoms with Crippen molar-refractivity contribution in [2.24, 2.45) is 17.4 Å². The third-order valence-electron chi connectivity index (χ3n) is 2.74. The van der Waals surface area contributed by atoms with Gasteiger partial charge in [-0.2, -0.15) is 0 Å². The van der Waals surface area contributed by atoms with Crippen LogP contribution in [0.1, 0.15) is 40.0 Å². The molecular weight excluding hydrogens is 276 g/mol. The molecule has 0 heterocycles. The van der Waals surface area contributed by atoms with Gasteiger partial charge in [0.2, 0.25) is 23.6 Å². The fraction of sp³-hybridized carbons (Fsp3) is 0.692. The van der Waals surface area contributed by atoms with Gasteiger partial charge in [0.05, 0.1) is 0 Å². The topological polar surface area (TPSA) is 144 Å². The van der Waals surface area contributed by atoms with Crippen molar-refractivity contribution < 1.29 is 19.2 Å². The van der Waals surface area contributed by atoms with E-state index in [1.54, 1.807) is 0 Å². The molecule has 0 bridgehead atoms. The summed E-state index contributed by atoms with van der Waals surface area (Å²) in [5.74, 6) is -2.02. The van der Waals surface area contributed by atoms with Crippen molar-refractivity contribution in [1.29, 1.82) is 0 Å². The Labute approximate surface area is 124 Å². The first-order valence-electron chi connectivity index (χ1n) is 6.78. The molecule has 21 heavy (non-hydrogen) atoms. The quantitative estimate of drug-likeness (QED) is 0.422. The lowest BCUT2D eigenvalue weighted by molar-refractivity contribution is -0.131. The van der Waals surface area contributed by atoms with Crippen LogP contribution in [0.15, 0.2) is 0 Å². The second-order valence-corrected chi connectivity index (χ2v) is 5.35. The van der Waals surface area contributed by atoms with Crippen molar-refractivity contribution in [2.45, 2.75) is 52.1 Å². The SMILES string of the molecule is CC(=O)N[C@@H](CC(C)C)C(=O)NC(CCC(N)=O)C(N)=O. The molecule has 0 aliphatic heterocycles. The molecule has 0 saturated carbocycles. The number of carbonyl (C=O) groups is 4. The molecule has 0 radical (unpaired) electrons. The molecule has 4 amide bonds. The lowest BCUT2D eigenvalue weighted by Gasteiger charge is -2.22. The molecule has 6 N–H and O–H groups in total. The second-order valence-electron chi connectivity index (χ2n) is 5.35. The summed E-state index contributed by atoms with van der Waals surface area (Å²) in [6.45, 7) is 5.11. The highest BCUT2D eigenvalue weighted by Crippen LogP contribution is 2.06. The minimum absolute atomic E-state index is 0.0326. The van der Waals surface area contributed by atoms with E-state index in [4.69, 9.17) is 11.5 Å². The van der Waals surface area contributed by atoms with Gasteiger partial charge in [0.25, 0.3) is 0 Å². The van der Waals surface area contributed by atoms with Crippen molar-refractivity contribution in [3.05, 3.63) is 0 Å². The van der Waals surface area contributed by atoms with Gasteiger partial charge in [0.1, 0.15) is 12.1 Å². The number of nitrogens with two attached hydrogens (primary N) is 2. The summed E-state index contributed by atoms with van der Waals surface area (Å²) in [4.78, 5) is 45.3. The van der Waals surface area contributed by atoms with Crippen LogP contribution in [0.3, 0.4) is 0 Å². The molecule has 0 aliphatic carbocycles. The fourth-order valence-electron chi connectivity index (χ4n) is 1.79. The minimum Gasteiger partial charge on any atom is -0.370 e. The van der Waals surface area contributed by atoms with E-state index in [0.29, 0.717) is 6.42 Å². The van der Waals surface area contributed by atoms with E-state index in [-0.39, 0.29) is 24.7 Å². The Hall–Kier alpha value is -2.12. The Morgan fingerprint density at radius 1 is 1.00 bits per heavy atom. The average Bonchev–Trinajstić information content (AvgIpc) is 2.31. The van der Waals surface area contributed by atoms with Crippen LogP contribution in [0.4, 0.5) is 0 Å². The maximum Gasteiger partial charge on any atom is 0.243 e. The number of rotatable bonds is 9. The molecule has 8 heteroatoms. The number of primary amides is 2. The van der Waals surface area contributed by atoms with Crippen LogP contribution in [0, 0.1) is 5.92 Å². The summed E-state index contributed by atoms with van der Waals surface area (Å²) in [6.07, 6.45) is 0.389. The Kier molecular flexibility index (Phi) is 8.03. The molecule has 0 aromatic heterocycles. The van der Waals surface area contributed by atoms with Gasteiger partial charge in [-0.25, -0.2) is 0 Å². The smallest absolute Gasteiger partial charge is 0.243 e. The standard InChI is InChI=1S/C13H24N4O4/c1-7(2)6-10(16-8(3)18)13(21)17-9(12(15)20)4-5-11(14)19/h7,9-10H,4-6H2,1-3H3,(H2,14,19)(H2,15,20)(H,16,18)(H,17,21)/t9?,10-/m0/s1. The van der Waals surface area contributed by atoms with E-state index < -0.39 is 29.8 Å². The predicted molar refractivity (Wildman–Crippen MR) is 76.6 cm³/mol. The van der Waals surface area contributed by atoms with Gasteiger partial charge in [0.15, 0.2) is 0 Å². The second kappa shape index (κ2) is 8.93. The maximum atomic E-state index is 12.1. The Bertz CT molecular complexity index is 409. The lowest BCUT2D eigenvalue weighted by atomic mass is 10.0. The molecular formula is C13H24N4O4. The van der Waals surface area contributed by atoms with Gasteiger partial charge < -0.3 is 22.1 Å². The maximum absolute atomic E-state index is 12.1. The largest absolute Gasteiger partial charge is 0.370 e. The van der Waals surface area contributed by atoms with Crippen LogP contribution < -0.4 is 22.1 Å². The Morgan fingerprint density at radius 2 is 1.57 bits per heavy atom. The van der Waals surface area contributed by atoms with Crippen LogP contribution in [0.2, 0.25) is 0 Å². The normalized spacial score (nSPS) is 13.3. The number of hydrogen-bond donors (Lipinski definition) is 4. The molecule has 0 aliphatic rings. The molecule has 0 spiro atoms. The van der Waals surface area contributed by atoms with Gasteiger partial charge in [0, 0.05) is 13.3 Å². The first kappa shape index (κ1) is 18.9. The minimum atomic E-state index is -0.992. The molecule has 0 saturated heterocycles. The Balaban J connectivity index is 4.76. The molecule has 1 unspecified atom stereocenters. The number of hydrogen-bond acceptors (Lipinski definition) is 4. The number of nitrogens with one attached hydrogen (secondary N) is 2. The lowest BCUT2D eigenvalue weighted by Crippen LogP contribution is -2.53. The van der Waals surface area contributed by atoms with Gasteiger partial charge in [-0.1, -0.05) is 13.8 Å². The third-order valence-corrected chi connectivity index (χ3v) is 2.74. The monoisotopic (exact) mass is 300 g/mol. The first-order chi connectivity index (χ1) is 9.63. The van der Waals surface area contributed by atoms with Crippen LogP contribution in [0.25, 0.3) is 0 Å². The van der Waals surface area contributed by atoms with E-state index >= 15 is 0 Å². The van der Waals surface area contributed by atoms with Crippen molar-refractivity contribution in [2.75, 3.05) is 0 Å². The van der Waals surface area contributed by atoms with E-state index in [9.17, 15) is 19.2 Å². The highest BCUT2D eigenvalue weighted by atomic mass is 16.2. The highest BCUT2D eigenvalue weighted by Gasteiger charge is 2.25. The summed E-state index contributed by atoms with van der Waals surface area (Å²) < 4.78 is 0. The van der Waals surface area contributed by atoms with Crippen molar-refractivity contribution in [3.8, 4) is 0 Å². The van der Waals surface area contributed by atoms with Gasteiger partial charge in [-0.3, -0.25) is 19.2 Å². The number of carbonyl (C=O) groups excluding carboxylic acids is 4. The van der Waals surface area contributed by atoms with Crippen molar-refractivity contribution in [3.63, 3.8) is 0 Å².